The summed E-state index contributed by atoms with van der Waals surface area (Å²) >= 11 is 0. The molecular formula is C34H37N2O7S-. The van der Waals surface area contributed by atoms with Crippen molar-refractivity contribution in [2.45, 2.75) is 87.2 Å². The third-order valence-corrected chi connectivity index (χ3v) is 12.9. The number of nitrogens with zero attached hydrogens (tertiary/aromatic N) is 1. The van der Waals surface area contributed by atoms with E-state index in [-0.39, 0.29) is 35.0 Å². The van der Waals surface area contributed by atoms with Gasteiger partial charge in [0.1, 0.15) is 12.4 Å². The fraction of sp³-hybridized carbons (Fsp3) is 0.500. The van der Waals surface area contributed by atoms with Crippen molar-refractivity contribution in [1.29, 1.82) is 0 Å². The van der Waals surface area contributed by atoms with Gasteiger partial charge in [-0.2, -0.15) is 0 Å². The summed E-state index contributed by atoms with van der Waals surface area (Å²) in [7, 11) is -1.40. The average molecular weight is 618 g/mol. The number of fused-ring (bicyclic) bond motifs is 7. The lowest BCUT2D eigenvalue weighted by atomic mass is 9.51. The average Bonchev–Trinajstić information content (AvgIpc) is 3.41. The SMILES string of the molecule is CC(O)C1C(=O)N2C(C(=O)[O-])=C(COc3cccc4c3-c3cccc(CC56CCC(CC(N)=O)(CC5)CC6)c3S4=O)[C@H](C)C12. The minimum absolute atomic E-state index is 0.0431. The highest BCUT2D eigenvalue weighted by atomic mass is 32.2. The zero-order chi connectivity index (χ0) is 31.1. The molecule has 9 nitrogen and oxygen atoms in total. The second-order valence-electron chi connectivity index (χ2n) is 13.7. The Morgan fingerprint density at radius 1 is 1.11 bits per heavy atom. The molecule has 3 aliphatic heterocycles. The molecule has 8 rings (SSSR count). The van der Waals surface area contributed by atoms with Crippen molar-refractivity contribution in [3.63, 3.8) is 0 Å². The number of aliphatic hydroxyl groups is 1. The lowest BCUT2D eigenvalue weighted by molar-refractivity contribution is -0.301. The van der Waals surface area contributed by atoms with Gasteiger partial charge in [0, 0.05) is 23.5 Å². The molecule has 3 saturated carbocycles. The van der Waals surface area contributed by atoms with Crippen molar-refractivity contribution in [2.24, 2.45) is 28.4 Å². The van der Waals surface area contributed by atoms with Crippen molar-refractivity contribution >= 4 is 28.6 Å². The number of rotatable bonds is 9. The quantitative estimate of drug-likeness (QED) is 0.351. The van der Waals surface area contributed by atoms with Crippen molar-refractivity contribution in [2.75, 3.05) is 6.61 Å². The Labute approximate surface area is 258 Å². The van der Waals surface area contributed by atoms with Gasteiger partial charge in [0.05, 0.1) is 50.3 Å². The van der Waals surface area contributed by atoms with Crippen LogP contribution in [0.1, 0.15) is 64.4 Å². The third-order valence-electron chi connectivity index (χ3n) is 11.3. The predicted octanol–water partition coefficient (Wildman–Crippen LogP) is 2.83. The van der Waals surface area contributed by atoms with Crippen LogP contribution in [0.4, 0.5) is 0 Å². The van der Waals surface area contributed by atoms with E-state index in [9.17, 15) is 28.8 Å². The molecule has 2 bridgehead atoms. The molecule has 1 saturated heterocycles. The Hall–Kier alpha value is -3.50. The Bertz CT molecular complexity index is 1640. The molecule has 232 valence electrons. The maximum absolute atomic E-state index is 14.0. The molecule has 3 N–H and O–H groups in total. The van der Waals surface area contributed by atoms with E-state index in [0.29, 0.717) is 22.6 Å². The summed E-state index contributed by atoms with van der Waals surface area (Å²) in [4.78, 5) is 39.3. The van der Waals surface area contributed by atoms with Crippen molar-refractivity contribution in [3.8, 4) is 16.9 Å². The molecule has 0 radical (unpaired) electrons. The number of benzene rings is 2. The highest BCUT2D eigenvalue weighted by Gasteiger charge is 2.58. The summed E-state index contributed by atoms with van der Waals surface area (Å²) < 4.78 is 20.3. The van der Waals surface area contributed by atoms with Crippen LogP contribution in [0.3, 0.4) is 0 Å². The van der Waals surface area contributed by atoms with Crippen LogP contribution in [0.2, 0.25) is 0 Å². The molecule has 2 amide bonds. The van der Waals surface area contributed by atoms with Gasteiger partial charge in [0.25, 0.3) is 0 Å². The molecular weight excluding hydrogens is 580 g/mol. The number of aliphatic hydroxyl groups excluding tert-OH is 1. The summed E-state index contributed by atoms with van der Waals surface area (Å²) in [5.41, 5.74) is 8.68. The number of aliphatic carboxylic acids is 1. The van der Waals surface area contributed by atoms with Crippen LogP contribution in [0.5, 0.6) is 5.75 Å². The fourth-order valence-electron chi connectivity index (χ4n) is 8.92. The zero-order valence-corrected chi connectivity index (χ0v) is 25.8. The van der Waals surface area contributed by atoms with Gasteiger partial charge in [-0.3, -0.25) is 9.59 Å². The summed E-state index contributed by atoms with van der Waals surface area (Å²) in [5.74, 6) is -2.58. The van der Waals surface area contributed by atoms with Gasteiger partial charge in [-0.1, -0.05) is 31.2 Å². The molecule has 4 fully saturated rings. The molecule has 0 aromatic heterocycles. The number of nitrogens with two attached hydrogens (primary N) is 1. The van der Waals surface area contributed by atoms with Crippen LogP contribution in [-0.2, 0) is 31.6 Å². The van der Waals surface area contributed by atoms with E-state index < -0.39 is 40.7 Å². The van der Waals surface area contributed by atoms with Crippen molar-refractivity contribution < 1.29 is 33.5 Å². The molecule has 0 spiro atoms. The number of carbonyl (C=O) groups excluding carboxylic acids is 3. The van der Waals surface area contributed by atoms with Gasteiger partial charge in [-0.25, -0.2) is 4.21 Å². The van der Waals surface area contributed by atoms with E-state index in [0.717, 1.165) is 66.5 Å². The topological polar surface area (TPSA) is 150 Å². The number of hydrogen-bond donors (Lipinski definition) is 2. The first kappa shape index (κ1) is 29.2. The number of carbonyl (C=O) groups is 3. The lowest BCUT2D eigenvalue weighted by Crippen LogP contribution is -2.64. The molecule has 6 aliphatic rings. The smallest absolute Gasteiger partial charge is 0.235 e. The molecule has 2 aromatic carbocycles. The van der Waals surface area contributed by atoms with Crippen LogP contribution >= 0.6 is 0 Å². The summed E-state index contributed by atoms with van der Waals surface area (Å²) in [5, 5.41) is 22.3. The molecule has 44 heavy (non-hydrogen) atoms. The Morgan fingerprint density at radius 2 is 1.77 bits per heavy atom. The number of carboxylic acids is 1. The molecule has 10 heteroatoms. The number of amides is 2. The monoisotopic (exact) mass is 617 g/mol. The summed E-state index contributed by atoms with van der Waals surface area (Å²) in [6.45, 7) is 3.30. The highest BCUT2D eigenvalue weighted by Crippen LogP contribution is 2.60. The number of carboxylic acid groups (broad SMARTS) is 1. The standard InChI is InChI=1S/C34H38N2O7S/c1-18-22(29(32(40)41)36-28(18)26(19(2)37)31(36)39)17-43-23-7-4-8-24-27(23)21-6-3-5-20(30(21)44(24)42)15-33-9-12-34(13-10-33,14-11-33)16-25(35)38/h3-8,18-19,26,28,37H,9-17H2,1-2H3,(H2,35,38)(H,40,41)/p-1/t18-,19?,26?,28?,33?,34?,44?/m0/s1. The zero-order valence-electron chi connectivity index (χ0n) is 25.0. The first-order valence-corrected chi connectivity index (χ1v) is 16.6. The molecule has 4 unspecified atom stereocenters. The minimum Gasteiger partial charge on any atom is -0.543 e. The number of β-lactam (4-membered cyclic amide) rings is 1. The minimum atomic E-state index is -1.44. The Morgan fingerprint density at radius 3 is 2.41 bits per heavy atom. The molecule has 2 aromatic rings. The van der Waals surface area contributed by atoms with Gasteiger partial charge < -0.3 is 30.4 Å². The van der Waals surface area contributed by atoms with Gasteiger partial charge in [0.2, 0.25) is 11.8 Å². The first-order chi connectivity index (χ1) is 21.0. The van der Waals surface area contributed by atoms with Crippen LogP contribution < -0.4 is 15.6 Å². The Kier molecular flexibility index (Phi) is 6.82. The molecule has 3 aliphatic carbocycles. The van der Waals surface area contributed by atoms with Gasteiger partial charge in [0.15, 0.2) is 0 Å². The first-order valence-electron chi connectivity index (χ1n) is 15.5. The van der Waals surface area contributed by atoms with E-state index in [4.69, 9.17) is 10.5 Å². The van der Waals surface area contributed by atoms with Gasteiger partial charge in [-0.15, -0.1) is 0 Å². The van der Waals surface area contributed by atoms with E-state index in [1.807, 2.05) is 25.1 Å². The van der Waals surface area contributed by atoms with Crippen LogP contribution in [0.25, 0.3) is 11.1 Å². The maximum Gasteiger partial charge on any atom is 0.235 e. The second kappa shape index (κ2) is 10.3. The van der Waals surface area contributed by atoms with Crippen LogP contribution in [-0.4, -0.2) is 50.8 Å². The number of ether oxygens (including phenoxy) is 1. The fourth-order valence-corrected chi connectivity index (χ4v) is 10.5. The Balaban J connectivity index is 1.16. The second-order valence-corrected chi connectivity index (χ2v) is 15.1. The largest absolute Gasteiger partial charge is 0.543 e. The highest BCUT2D eigenvalue weighted by molar-refractivity contribution is 7.85. The normalized spacial score (nSPS) is 32.2. The van der Waals surface area contributed by atoms with E-state index >= 15 is 0 Å². The van der Waals surface area contributed by atoms with Crippen LogP contribution in [0.15, 0.2) is 57.5 Å². The van der Waals surface area contributed by atoms with Crippen molar-refractivity contribution in [3.05, 3.63) is 53.2 Å². The van der Waals surface area contributed by atoms with E-state index in [2.05, 4.69) is 6.07 Å². The number of hydrogen-bond acceptors (Lipinski definition) is 7. The van der Waals surface area contributed by atoms with Crippen molar-refractivity contribution in [1.82, 2.24) is 4.90 Å². The van der Waals surface area contributed by atoms with Gasteiger partial charge in [-0.05, 0) is 86.0 Å². The summed E-state index contributed by atoms with van der Waals surface area (Å²) in [6, 6.07) is 11.0. The predicted molar refractivity (Wildman–Crippen MR) is 159 cm³/mol. The third kappa shape index (κ3) is 4.28. The van der Waals surface area contributed by atoms with Crippen LogP contribution in [0, 0.1) is 22.7 Å². The lowest BCUT2D eigenvalue weighted by Gasteiger charge is -2.53. The van der Waals surface area contributed by atoms with Gasteiger partial charge >= 0.3 is 0 Å². The molecule has 5 atom stereocenters. The molecule has 3 heterocycles. The number of primary amides is 1. The maximum atomic E-state index is 14.0. The van der Waals surface area contributed by atoms with E-state index in [1.54, 1.807) is 12.1 Å². The van der Waals surface area contributed by atoms with E-state index in [1.165, 1.54) is 11.8 Å². The summed E-state index contributed by atoms with van der Waals surface area (Å²) in [6.07, 6.45) is 6.47.